The van der Waals surface area contributed by atoms with Gasteiger partial charge in [-0.25, -0.2) is 0 Å². The summed E-state index contributed by atoms with van der Waals surface area (Å²) in [7, 11) is 0. The third-order valence-electron chi connectivity index (χ3n) is 2.69. The minimum Gasteiger partial charge on any atom is -0.353 e. The first-order valence-corrected chi connectivity index (χ1v) is 6.38. The highest BCUT2D eigenvalue weighted by Gasteiger charge is 2.22. The van der Waals surface area contributed by atoms with Gasteiger partial charge in [-0.05, 0) is 25.0 Å². The zero-order chi connectivity index (χ0) is 12.6. The van der Waals surface area contributed by atoms with E-state index in [1.54, 1.807) is 0 Å². The Morgan fingerprint density at radius 1 is 1.28 bits per heavy atom. The van der Waals surface area contributed by atoms with Gasteiger partial charge in [0.25, 0.3) is 0 Å². The fraction of sp³-hybridized carbons (Fsp3) is 0.400. The quantitative estimate of drug-likeness (QED) is 0.603. The van der Waals surface area contributed by atoms with Gasteiger partial charge in [-0.2, -0.15) is 0 Å². The third-order valence-corrected chi connectivity index (χ3v) is 2.69. The standard InChI is InChI=1S/C15H18N2O/c18-15(17-14-8-9-14)10-12-16-11-4-7-13-5-2-1-3-6-13/h1-3,5-6,14,16H,8-12H2,(H,17,18). The van der Waals surface area contributed by atoms with Crippen LogP contribution in [0.5, 0.6) is 0 Å². The second-order valence-electron chi connectivity index (χ2n) is 4.44. The molecule has 94 valence electrons. The number of amides is 1. The van der Waals surface area contributed by atoms with Crippen molar-refractivity contribution in [2.45, 2.75) is 25.3 Å². The van der Waals surface area contributed by atoms with Crippen LogP contribution in [0.3, 0.4) is 0 Å². The SMILES string of the molecule is O=C(CCNCC#Cc1ccccc1)NC1CC1. The minimum atomic E-state index is 0.140. The highest BCUT2D eigenvalue weighted by Crippen LogP contribution is 2.18. The molecule has 0 radical (unpaired) electrons. The van der Waals surface area contributed by atoms with E-state index in [2.05, 4.69) is 22.5 Å². The third kappa shape index (κ3) is 5.03. The van der Waals surface area contributed by atoms with Gasteiger partial charge < -0.3 is 10.6 Å². The van der Waals surface area contributed by atoms with Crippen LogP contribution in [0.1, 0.15) is 24.8 Å². The summed E-state index contributed by atoms with van der Waals surface area (Å²) in [6.45, 7) is 1.30. The molecule has 0 aromatic heterocycles. The molecule has 0 heterocycles. The predicted octanol–water partition coefficient (Wildman–Crippen LogP) is 1.30. The monoisotopic (exact) mass is 242 g/mol. The molecule has 3 heteroatoms. The molecule has 2 rings (SSSR count). The van der Waals surface area contributed by atoms with Gasteiger partial charge in [-0.1, -0.05) is 30.0 Å². The van der Waals surface area contributed by atoms with Crippen molar-refractivity contribution in [1.29, 1.82) is 0 Å². The van der Waals surface area contributed by atoms with E-state index in [1.807, 2.05) is 30.3 Å². The van der Waals surface area contributed by atoms with Crippen LogP contribution in [0, 0.1) is 11.8 Å². The van der Waals surface area contributed by atoms with Crippen molar-refractivity contribution < 1.29 is 4.79 Å². The van der Waals surface area contributed by atoms with Crippen molar-refractivity contribution in [2.75, 3.05) is 13.1 Å². The maximum absolute atomic E-state index is 11.4. The van der Waals surface area contributed by atoms with Crippen LogP contribution in [-0.4, -0.2) is 25.0 Å². The lowest BCUT2D eigenvalue weighted by Crippen LogP contribution is -2.29. The van der Waals surface area contributed by atoms with Crippen LogP contribution < -0.4 is 10.6 Å². The molecule has 1 saturated carbocycles. The molecule has 3 nitrogen and oxygen atoms in total. The molecule has 1 fully saturated rings. The molecule has 0 saturated heterocycles. The molecule has 0 unspecified atom stereocenters. The normalized spacial score (nSPS) is 13.6. The number of benzene rings is 1. The highest BCUT2D eigenvalue weighted by molar-refractivity contribution is 5.76. The number of rotatable bonds is 5. The zero-order valence-corrected chi connectivity index (χ0v) is 10.4. The van der Waals surface area contributed by atoms with Crippen molar-refractivity contribution >= 4 is 5.91 Å². The van der Waals surface area contributed by atoms with Gasteiger partial charge in [0.05, 0.1) is 6.54 Å². The molecular weight excluding hydrogens is 224 g/mol. The summed E-state index contributed by atoms with van der Waals surface area (Å²) in [5, 5.41) is 6.10. The molecule has 0 atom stereocenters. The molecule has 2 N–H and O–H groups in total. The van der Waals surface area contributed by atoms with Gasteiger partial charge in [0.2, 0.25) is 5.91 Å². The zero-order valence-electron chi connectivity index (χ0n) is 10.4. The van der Waals surface area contributed by atoms with Crippen LogP contribution in [0.4, 0.5) is 0 Å². The number of carbonyl (C=O) groups is 1. The van der Waals surface area contributed by atoms with Crippen LogP contribution in [-0.2, 0) is 4.79 Å². The summed E-state index contributed by atoms with van der Waals surface area (Å²) in [6.07, 6.45) is 2.81. The summed E-state index contributed by atoms with van der Waals surface area (Å²) < 4.78 is 0. The maximum atomic E-state index is 11.4. The van der Waals surface area contributed by atoms with E-state index in [4.69, 9.17) is 0 Å². The van der Waals surface area contributed by atoms with E-state index in [-0.39, 0.29) is 5.91 Å². The van der Waals surface area contributed by atoms with Gasteiger partial charge in [0.1, 0.15) is 0 Å². The first-order chi connectivity index (χ1) is 8.84. The molecule has 1 aromatic rings. The van der Waals surface area contributed by atoms with Crippen molar-refractivity contribution in [3.63, 3.8) is 0 Å². The van der Waals surface area contributed by atoms with Crippen LogP contribution in [0.25, 0.3) is 0 Å². The number of carbonyl (C=O) groups excluding carboxylic acids is 1. The van der Waals surface area contributed by atoms with Gasteiger partial charge in [-0.15, -0.1) is 0 Å². The molecule has 1 amide bonds. The van der Waals surface area contributed by atoms with Gasteiger partial charge >= 0.3 is 0 Å². The second-order valence-corrected chi connectivity index (χ2v) is 4.44. The first-order valence-electron chi connectivity index (χ1n) is 6.38. The van der Waals surface area contributed by atoms with Crippen LogP contribution >= 0.6 is 0 Å². The molecule has 0 aliphatic heterocycles. The Morgan fingerprint density at radius 3 is 2.78 bits per heavy atom. The number of hydrogen-bond acceptors (Lipinski definition) is 2. The average Bonchev–Trinajstić information content (AvgIpc) is 3.19. The molecule has 1 aromatic carbocycles. The highest BCUT2D eigenvalue weighted by atomic mass is 16.1. The van der Waals surface area contributed by atoms with E-state index >= 15 is 0 Å². The van der Waals surface area contributed by atoms with E-state index in [9.17, 15) is 4.79 Å². The van der Waals surface area contributed by atoms with Crippen molar-refractivity contribution in [3.8, 4) is 11.8 Å². The van der Waals surface area contributed by atoms with E-state index in [0.29, 0.717) is 25.6 Å². The Labute approximate surface area is 108 Å². The second kappa shape index (κ2) is 6.83. The van der Waals surface area contributed by atoms with E-state index in [0.717, 1.165) is 18.4 Å². The Kier molecular flexibility index (Phi) is 4.80. The van der Waals surface area contributed by atoms with Crippen LogP contribution in [0.2, 0.25) is 0 Å². The minimum absolute atomic E-state index is 0.140. The Hall–Kier alpha value is -1.79. The Balaban J connectivity index is 1.55. The van der Waals surface area contributed by atoms with Crippen LogP contribution in [0.15, 0.2) is 30.3 Å². The number of nitrogens with one attached hydrogen (secondary N) is 2. The maximum Gasteiger partial charge on any atom is 0.221 e. The summed E-state index contributed by atoms with van der Waals surface area (Å²) >= 11 is 0. The molecule has 1 aliphatic carbocycles. The Morgan fingerprint density at radius 2 is 2.06 bits per heavy atom. The van der Waals surface area contributed by atoms with Gasteiger partial charge in [-0.3, -0.25) is 4.79 Å². The smallest absolute Gasteiger partial charge is 0.221 e. The van der Waals surface area contributed by atoms with E-state index < -0.39 is 0 Å². The predicted molar refractivity (Wildman–Crippen MR) is 72.0 cm³/mol. The van der Waals surface area contributed by atoms with Gasteiger partial charge in [0.15, 0.2) is 0 Å². The topological polar surface area (TPSA) is 41.1 Å². The van der Waals surface area contributed by atoms with Gasteiger partial charge in [0, 0.05) is 24.6 Å². The summed E-state index contributed by atoms with van der Waals surface area (Å²) in [5.41, 5.74) is 1.02. The van der Waals surface area contributed by atoms with Crippen molar-refractivity contribution in [1.82, 2.24) is 10.6 Å². The Bertz CT molecular complexity index is 441. The lowest BCUT2D eigenvalue weighted by Gasteiger charge is -2.02. The first kappa shape index (κ1) is 12.7. The van der Waals surface area contributed by atoms with E-state index in [1.165, 1.54) is 0 Å². The summed E-state index contributed by atoms with van der Waals surface area (Å²) in [6, 6.07) is 10.3. The molecule has 0 spiro atoms. The average molecular weight is 242 g/mol. The summed E-state index contributed by atoms with van der Waals surface area (Å²) in [4.78, 5) is 11.4. The molecule has 18 heavy (non-hydrogen) atoms. The number of hydrogen-bond donors (Lipinski definition) is 2. The van der Waals surface area contributed by atoms with Crippen molar-refractivity contribution in [3.05, 3.63) is 35.9 Å². The molecule has 1 aliphatic rings. The lowest BCUT2D eigenvalue weighted by atomic mass is 10.2. The lowest BCUT2D eigenvalue weighted by molar-refractivity contribution is -0.121. The fourth-order valence-electron chi connectivity index (χ4n) is 1.55. The fourth-order valence-corrected chi connectivity index (χ4v) is 1.55. The summed E-state index contributed by atoms with van der Waals surface area (Å²) in [5.74, 6) is 6.24. The molecule has 0 bridgehead atoms. The van der Waals surface area contributed by atoms with Crippen molar-refractivity contribution in [2.24, 2.45) is 0 Å². The molecular formula is C15H18N2O. The largest absolute Gasteiger partial charge is 0.353 e.